The minimum Gasteiger partial charge on any atom is -0.481 e. The highest BCUT2D eigenvalue weighted by Gasteiger charge is 2.48. The lowest BCUT2D eigenvalue weighted by atomic mass is 9.86. The molecule has 4 atom stereocenters. The number of thioether (sulfide) groups is 1. The minimum absolute atomic E-state index is 0.264. The molecule has 2 saturated heterocycles. The van der Waals surface area contributed by atoms with Crippen molar-refractivity contribution in [1.82, 2.24) is 0 Å². The van der Waals surface area contributed by atoms with Crippen LogP contribution in [-0.4, -0.2) is 34.3 Å². The van der Waals surface area contributed by atoms with E-state index in [2.05, 4.69) is 29.8 Å². The van der Waals surface area contributed by atoms with E-state index >= 15 is 0 Å². The van der Waals surface area contributed by atoms with Crippen molar-refractivity contribution in [3.8, 4) is 12.3 Å². The molecule has 0 spiro atoms. The van der Waals surface area contributed by atoms with Gasteiger partial charge in [-0.1, -0.05) is 18.6 Å². The van der Waals surface area contributed by atoms with Crippen molar-refractivity contribution in [2.75, 3.05) is 5.75 Å². The van der Waals surface area contributed by atoms with Crippen molar-refractivity contribution >= 4 is 17.7 Å². The molecule has 0 amide bonds. The predicted molar refractivity (Wildman–Crippen MR) is 100 cm³/mol. The van der Waals surface area contributed by atoms with Gasteiger partial charge in [0.25, 0.3) is 0 Å². The highest BCUT2D eigenvalue weighted by atomic mass is 32.2. The summed E-state index contributed by atoms with van der Waals surface area (Å²) in [6.07, 6.45) is 20.5. The molecule has 0 saturated carbocycles. The van der Waals surface area contributed by atoms with Gasteiger partial charge in [0, 0.05) is 24.0 Å². The maximum atomic E-state index is 10.5. The van der Waals surface area contributed by atoms with Gasteiger partial charge in [-0.05, 0) is 50.7 Å². The molecule has 2 bridgehead atoms. The maximum absolute atomic E-state index is 10.5. The molecule has 0 aromatic heterocycles. The molecule has 0 aromatic carbocycles. The van der Waals surface area contributed by atoms with Crippen molar-refractivity contribution < 1.29 is 14.6 Å². The Bertz CT molecular complexity index is 454. The molecule has 0 unspecified atom stereocenters. The summed E-state index contributed by atoms with van der Waals surface area (Å²) < 4.78 is 6.14. The van der Waals surface area contributed by atoms with E-state index in [0.717, 1.165) is 32.1 Å². The van der Waals surface area contributed by atoms with Crippen molar-refractivity contribution in [2.24, 2.45) is 5.92 Å². The van der Waals surface area contributed by atoms with Crippen LogP contribution in [0, 0.1) is 18.3 Å². The minimum atomic E-state index is -0.705. The second-order valence-corrected chi connectivity index (χ2v) is 8.08. The molecule has 3 nitrogen and oxygen atoms in total. The van der Waals surface area contributed by atoms with Crippen LogP contribution in [0.2, 0.25) is 0 Å². The number of aliphatic carboxylic acids is 1. The number of ether oxygens (including phenoxy) is 1. The van der Waals surface area contributed by atoms with Gasteiger partial charge in [0.15, 0.2) is 0 Å². The first kappa shape index (κ1) is 19.4. The Labute approximate surface area is 150 Å². The van der Waals surface area contributed by atoms with Gasteiger partial charge in [-0.25, -0.2) is 0 Å². The summed E-state index contributed by atoms with van der Waals surface area (Å²) in [5.41, 5.74) is 0. The van der Waals surface area contributed by atoms with Crippen molar-refractivity contribution in [3.63, 3.8) is 0 Å². The average molecular weight is 351 g/mol. The van der Waals surface area contributed by atoms with Crippen LogP contribution in [0.4, 0.5) is 0 Å². The maximum Gasteiger partial charge on any atom is 0.303 e. The van der Waals surface area contributed by atoms with Gasteiger partial charge < -0.3 is 9.84 Å². The van der Waals surface area contributed by atoms with E-state index in [1.54, 1.807) is 0 Å². The van der Waals surface area contributed by atoms with Gasteiger partial charge in [0.05, 0.1) is 12.2 Å². The molecule has 2 rings (SSSR count). The molecule has 0 radical (unpaired) electrons. The SMILES string of the molecule is C#CCCCCCS[C@H]1[C@@H](C/C=C\CCCC(=O)O)[C@H]2CC[C@@H]1O2. The van der Waals surface area contributed by atoms with Gasteiger partial charge in [-0.15, -0.1) is 12.3 Å². The zero-order valence-corrected chi connectivity index (χ0v) is 15.3. The number of hydrogen-bond acceptors (Lipinski definition) is 3. The normalized spacial score (nSPS) is 28.5. The van der Waals surface area contributed by atoms with Gasteiger partial charge >= 0.3 is 5.97 Å². The molecule has 2 fully saturated rings. The Hall–Kier alpha value is -0.920. The first-order valence-corrected chi connectivity index (χ1v) is 10.3. The van der Waals surface area contributed by atoms with Crippen LogP contribution in [0.3, 0.4) is 0 Å². The number of allylic oxidation sites excluding steroid dienone is 2. The van der Waals surface area contributed by atoms with E-state index < -0.39 is 5.97 Å². The third-order valence-electron chi connectivity index (χ3n) is 4.96. The molecule has 24 heavy (non-hydrogen) atoms. The lowest BCUT2D eigenvalue weighted by Gasteiger charge is -2.26. The second-order valence-electron chi connectivity index (χ2n) is 6.80. The van der Waals surface area contributed by atoms with Gasteiger partial charge in [-0.2, -0.15) is 11.8 Å². The van der Waals surface area contributed by atoms with E-state index in [1.807, 2.05) is 0 Å². The number of rotatable bonds is 12. The number of fused-ring (bicyclic) bond motifs is 2. The predicted octanol–water partition coefficient (Wildman–Crippen LogP) is 4.66. The molecule has 2 aliphatic heterocycles. The number of carboxylic acids is 1. The van der Waals surface area contributed by atoms with Gasteiger partial charge in [-0.3, -0.25) is 4.79 Å². The van der Waals surface area contributed by atoms with Crippen molar-refractivity contribution in [1.29, 1.82) is 0 Å². The Morgan fingerprint density at radius 2 is 2.04 bits per heavy atom. The third-order valence-corrected chi connectivity index (χ3v) is 6.53. The summed E-state index contributed by atoms with van der Waals surface area (Å²) in [6.45, 7) is 0. The van der Waals surface area contributed by atoms with Gasteiger partial charge in [0.2, 0.25) is 0 Å². The third kappa shape index (κ3) is 6.18. The Morgan fingerprint density at radius 3 is 2.83 bits per heavy atom. The summed E-state index contributed by atoms with van der Waals surface area (Å²) in [5, 5.41) is 9.29. The molecule has 4 heteroatoms. The Morgan fingerprint density at radius 1 is 1.21 bits per heavy atom. The standard InChI is InChI=1S/C20H30O3S/c1-2-3-4-7-10-15-24-20-16(17-13-14-18(20)23-17)11-8-5-6-9-12-19(21)22/h1,5,8,16-18,20H,3-4,6-7,9-15H2,(H,21,22)/b8-5-/t16-,17+,18-,20-/m0/s1. The number of unbranched alkanes of at least 4 members (excludes halogenated alkanes) is 4. The summed E-state index contributed by atoms with van der Waals surface area (Å²) in [4.78, 5) is 10.5. The smallest absolute Gasteiger partial charge is 0.303 e. The first-order valence-electron chi connectivity index (χ1n) is 9.29. The number of carbonyl (C=O) groups is 1. The van der Waals surface area contributed by atoms with E-state index in [0.29, 0.717) is 23.4 Å². The highest BCUT2D eigenvalue weighted by molar-refractivity contribution is 7.99. The van der Waals surface area contributed by atoms with Crippen LogP contribution in [0.1, 0.15) is 64.2 Å². The van der Waals surface area contributed by atoms with E-state index in [1.165, 1.54) is 31.4 Å². The van der Waals surface area contributed by atoms with Crippen LogP contribution < -0.4 is 0 Å². The summed E-state index contributed by atoms with van der Waals surface area (Å²) in [7, 11) is 0. The number of carboxylic acid groups (broad SMARTS) is 1. The fourth-order valence-corrected chi connectivity index (χ4v) is 5.31. The molecule has 134 valence electrons. The zero-order chi connectivity index (χ0) is 17.2. The fourth-order valence-electron chi connectivity index (χ4n) is 3.72. The van der Waals surface area contributed by atoms with Crippen LogP contribution in [0.5, 0.6) is 0 Å². The van der Waals surface area contributed by atoms with E-state index in [4.69, 9.17) is 16.3 Å². The lowest BCUT2D eigenvalue weighted by molar-refractivity contribution is -0.137. The monoisotopic (exact) mass is 350 g/mol. The van der Waals surface area contributed by atoms with E-state index in [9.17, 15) is 4.79 Å². The quantitative estimate of drug-likeness (QED) is 0.316. The topological polar surface area (TPSA) is 46.5 Å². The van der Waals surface area contributed by atoms with Crippen molar-refractivity contribution in [3.05, 3.63) is 12.2 Å². The van der Waals surface area contributed by atoms with Crippen LogP contribution in [0.25, 0.3) is 0 Å². The fraction of sp³-hybridized carbons (Fsp3) is 0.750. The number of hydrogen-bond donors (Lipinski definition) is 1. The van der Waals surface area contributed by atoms with Crippen molar-refractivity contribution in [2.45, 2.75) is 81.7 Å². The molecule has 1 N–H and O–H groups in total. The lowest BCUT2D eigenvalue weighted by Crippen LogP contribution is -2.29. The number of terminal acetylenes is 1. The zero-order valence-electron chi connectivity index (χ0n) is 14.5. The highest BCUT2D eigenvalue weighted by Crippen LogP contribution is 2.46. The molecule has 0 aromatic rings. The molecular weight excluding hydrogens is 320 g/mol. The van der Waals surface area contributed by atoms with Crippen LogP contribution >= 0.6 is 11.8 Å². The molecule has 0 aliphatic carbocycles. The largest absolute Gasteiger partial charge is 0.481 e. The summed E-state index contributed by atoms with van der Waals surface area (Å²) in [6, 6.07) is 0. The van der Waals surface area contributed by atoms with Crippen LogP contribution in [0.15, 0.2) is 12.2 Å². The summed E-state index contributed by atoms with van der Waals surface area (Å²) in [5.74, 6) is 3.84. The van der Waals surface area contributed by atoms with Crippen LogP contribution in [-0.2, 0) is 9.53 Å². The average Bonchev–Trinajstić information content (AvgIpc) is 3.15. The summed E-state index contributed by atoms with van der Waals surface area (Å²) >= 11 is 2.10. The Balaban J connectivity index is 1.66. The molecular formula is C20H30O3S. The second kappa shape index (κ2) is 10.8. The first-order chi connectivity index (χ1) is 11.7. The van der Waals surface area contributed by atoms with E-state index in [-0.39, 0.29) is 6.42 Å². The molecule has 2 heterocycles. The molecule has 2 aliphatic rings. The van der Waals surface area contributed by atoms with Gasteiger partial charge in [0.1, 0.15) is 0 Å². The Kier molecular flexibility index (Phi) is 8.77.